The summed E-state index contributed by atoms with van der Waals surface area (Å²) in [5, 5.41) is 0. The van der Waals surface area contributed by atoms with E-state index in [1.807, 2.05) is 6.07 Å². The number of nitrogens with two attached hydrogens (primary N) is 1. The highest BCUT2D eigenvalue weighted by Crippen LogP contribution is 2.32. The zero-order chi connectivity index (χ0) is 10.0. The fraction of sp³-hybridized carbons (Fsp3) is 0.600. The van der Waals surface area contributed by atoms with E-state index in [4.69, 9.17) is 22.1 Å². The molecular formula is C10H14ClNOS. The number of halogens is 1. The van der Waals surface area contributed by atoms with Crippen LogP contribution in [0.2, 0.25) is 4.34 Å². The van der Waals surface area contributed by atoms with Gasteiger partial charge in [0.1, 0.15) is 0 Å². The Hall–Kier alpha value is -0.0900. The Morgan fingerprint density at radius 3 is 2.93 bits per heavy atom. The molecule has 4 heteroatoms. The number of hydrogen-bond donors (Lipinski definition) is 1. The highest BCUT2D eigenvalue weighted by Gasteiger charge is 2.34. The van der Waals surface area contributed by atoms with Crippen LogP contribution in [-0.2, 0) is 11.2 Å². The molecule has 2 nitrogen and oxygen atoms in total. The van der Waals surface area contributed by atoms with Crippen LogP contribution in [0.25, 0.3) is 0 Å². The number of ether oxygens (including phenoxy) is 1. The summed E-state index contributed by atoms with van der Waals surface area (Å²) in [5.74, 6) is 0. The van der Waals surface area contributed by atoms with E-state index in [9.17, 15) is 0 Å². The molecule has 0 radical (unpaired) electrons. The van der Waals surface area contributed by atoms with Crippen LogP contribution in [0.1, 0.15) is 17.7 Å². The molecule has 0 saturated carbocycles. The molecule has 0 spiro atoms. The number of thiophene rings is 1. The van der Waals surface area contributed by atoms with Crippen LogP contribution in [0.5, 0.6) is 0 Å². The van der Waals surface area contributed by atoms with Crippen LogP contribution in [0.3, 0.4) is 0 Å². The summed E-state index contributed by atoms with van der Waals surface area (Å²) in [6.07, 6.45) is 3.09. The largest absolute Gasteiger partial charge is 0.373 e. The molecule has 1 saturated heterocycles. The van der Waals surface area contributed by atoms with E-state index in [0.29, 0.717) is 6.54 Å². The fourth-order valence-electron chi connectivity index (χ4n) is 1.89. The van der Waals surface area contributed by atoms with Gasteiger partial charge in [0, 0.05) is 24.4 Å². The molecule has 1 aliphatic heterocycles. The second kappa shape index (κ2) is 4.19. The zero-order valence-corrected chi connectivity index (χ0v) is 9.53. The lowest BCUT2D eigenvalue weighted by Crippen LogP contribution is -2.39. The molecule has 2 heterocycles. The summed E-state index contributed by atoms with van der Waals surface area (Å²) >= 11 is 7.50. The SMILES string of the molecule is NCC1(Cc2ccc(Cl)s2)CCCO1. The Kier molecular flexibility index (Phi) is 3.12. The van der Waals surface area contributed by atoms with Crippen molar-refractivity contribution in [1.29, 1.82) is 0 Å². The van der Waals surface area contributed by atoms with Crippen LogP contribution in [0, 0.1) is 0 Å². The average Bonchev–Trinajstić information content (AvgIpc) is 2.77. The first kappa shape index (κ1) is 10.4. The van der Waals surface area contributed by atoms with Gasteiger partial charge < -0.3 is 10.5 Å². The van der Waals surface area contributed by atoms with Gasteiger partial charge in [0.2, 0.25) is 0 Å². The van der Waals surface area contributed by atoms with Crippen molar-refractivity contribution in [2.24, 2.45) is 5.73 Å². The van der Waals surface area contributed by atoms with E-state index in [-0.39, 0.29) is 5.60 Å². The lowest BCUT2D eigenvalue weighted by molar-refractivity contribution is 0.0128. The van der Waals surface area contributed by atoms with Crippen LogP contribution in [0.15, 0.2) is 12.1 Å². The predicted molar refractivity (Wildman–Crippen MR) is 60.0 cm³/mol. The third kappa shape index (κ3) is 2.11. The van der Waals surface area contributed by atoms with E-state index < -0.39 is 0 Å². The van der Waals surface area contributed by atoms with E-state index >= 15 is 0 Å². The van der Waals surface area contributed by atoms with E-state index in [1.165, 1.54) is 4.88 Å². The normalized spacial score (nSPS) is 27.0. The summed E-state index contributed by atoms with van der Waals surface area (Å²) in [5.41, 5.74) is 5.65. The van der Waals surface area contributed by atoms with Gasteiger partial charge in [-0.1, -0.05) is 11.6 Å². The lowest BCUT2D eigenvalue weighted by atomic mass is 9.95. The first-order chi connectivity index (χ1) is 6.74. The smallest absolute Gasteiger partial charge is 0.0931 e. The minimum Gasteiger partial charge on any atom is -0.373 e. The molecule has 1 fully saturated rings. The Morgan fingerprint density at radius 2 is 2.43 bits per heavy atom. The van der Waals surface area contributed by atoms with Crippen LogP contribution in [-0.4, -0.2) is 18.8 Å². The van der Waals surface area contributed by atoms with Crippen molar-refractivity contribution in [1.82, 2.24) is 0 Å². The second-order valence-corrected chi connectivity index (χ2v) is 5.52. The molecule has 0 aromatic carbocycles. The minimum atomic E-state index is -0.117. The van der Waals surface area contributed by atoms with Gasteiger partial charge in [-0.3, -0.25) is 0 Å². The third-order valence-corrected chi connectivity index (χ3v) is 3.91. The van der Waals surface area contributed by atoms with Crippen LogP contribution in [0.4, 0.5) is 0 Å². The Morgan fingerprint density at radius 1 is 1.57 bits per heavy atom. The highest BCUT2D eigenvalue weighted by molar-refractivity contribution is 7.16. The van der Waals surface area contributed by atoms with Gasteiger partial charge in [-0.2, -0.15) is 0 Å². The second-order valence-electron chi connectivity index (χ2n) is 3.72. The fourth-order valence-corrected chi connectivity index (χ4v) is 3.11. The first-order valence-electron chi connectivity index (χ1n) is 4.82. The Balaban J connectivity index is 2.08. The van der Waals surface area contributed by atoms with E-state index in [1.54, 1.807) is 11.3 Å². The maximum atomic E-state index is 5.88. The summed E-state index contributed by atoms with van der Waals surface area (Å²) in [7, 11) is 0. The van der Waals surface area contributed by atoms with Crippen LogP contribution < -0.4 is 5.73 Å². The van der Waals surface area contributed by atoms with Gasteiger partial charge in [0.15, 0.2) is 0 Å². The summed E-state index contributed by atoms with van der Waals surface area (Å²) < 4.78 is 6.58. The van der Waals surface area contributed by atoms with Crippen molar-refractivity contribution in [2.75, 3.05) is 13.2 Å². The van der Waals surface area contributed by atoms with Crippen molar-refractivity contribution in [2.45, 2.75) is 24.9 Å². The topological polar surface area (TPSA) is 35.2 Å². The molecular weight excluding hydrogens is 218 g/mol. The van der Waals surface area contributed by atoms with Crippen molar-refractivity contribution in [3.63, 3.8) is 0 Å². The number of rotatable bonds is 3. The van der Waals surface area contributed by atoms with Gasteiger partial charge >= 0.3 is 0 Å². The van der Waals surface area contributed by atoms with Gasteiger partial charge in [-0.25, -0.2) is 0 Å². The molecule has 0 bridgehead atoms. The molecule has 1 unspecified atom stereocenters. The molecule has 1 aromatic heterocycles. The Labute approximate surface area is 93.0 Å². The molecule has 1 atom stereocenters. The van der Waals surface area contributed by atoms with Gasteiger partial charge in [-0.05, 0) is 25.0 Å². The molecule has 14 heavy (non-hydrogen) atoms. The minimum absolute atomic E-state index is 0.117. The molecule has 1 aromatic rings. The molecule has 0 aliphatic carbocycles. The van der Waals surface area contributed by atoms with Crippen LogP contribution >= 0.6 is 22.9 Å². The average molecular weight is 232 g/mol. The molecule has 2 N–H and O–H groups in total. The van der Waals surface area contributed by atoms with Crippen molar-refractivity contribution in [3.05, 3.63) is 21.3 Å². The maximum absolute atomic E-state index is 5.88. The molecule has 78 valence electrons. The summed E-state index contributed by atoms with van der Waals surface area (Å²) in [4.78, 5) is 1.27. The standard InChI is InChI=1S/C10H14ClNOS/c11-9-3-2-8(14-9)6-10(7-12)4-1-5-13-10/h2-3H,1,4-7,12H2. The first-order valence-corrected chi connectivity index (χ1v) is 6.02. The van der Waals surface area contributed by atoms with Crippen molar-refractivity contribution >= 4 is 22.9 Å². The summed E-state index contributed by atoms with van der Waals surface area (Å²) in [6, 6.07) is 3.99. The zero-order valence-electron chi connectivity index (χ0n) is 7.96. The number of hydrogen-bond acceptors (Lipinski definition) is 3. The highest BCUT2D eigenvalue weighted by atomic mass is 35.5. The van der Waals surface area contributed by atoms with Crippen molar-refractivity contribution < 1.29 is 4.74 Å². The third-order valence-electron chi connectivity index (χ3n) is 2.68. The van der Waals surface area contributed by atoms with Gasteiger partial charge in [-0.15, -0.1) is 11.3 Å². The molecule has 2 rings (SSSR count). The van der Waals surface area contributed by atoms with Crippen molar-refractivity contribution in [3.8, 4) is 0 Å². The molecule has 0 amide bonds. The monoisotopic (exact) mass is 231 g/mol. The molecule has 1 aliphatic rings. The lowest BCUT2D eigenvalue weighted by Gasteiger charge is -2.25. The van der Waals surface area contributed by atoms with E-state index in [2.05, 4.69) is 6.07 Å². The predicted octanol–water partition coefficient (Wildman–Crippen LogP) is 2.45. The quantitative estimate of drug-likeness (QED) is 0.868. The summed E-state index contributed by atoms with van der Waals surface area (Å²) in [6.45, 7) is 1.44. The van der Waals surface area contributed by atoms with E-state index in [0.717, 1.165) is 30.2 Å². The van der Waals surface area contributed by atoms with Gasteiger partial charge in [0.25, 0.3) is 0 Å². The Bertz CT molecular complexity index is 307. The maximum Gasteiger partial charge on any atom is 0.0931 e. The van der Waals surface area contributed by atoms with Gasteiger partial charge in [0.05, 0.1) is 9.94 Å².